The van der Waals surface area contributed by atoms with Crippen molar-refractivity contribution in [3.05, 3.63) is 89.7 Å². The molecule has 3 nitrogen and oxygen atoms in total. The molecule has 1 aliphatic rings. The van der Waals surface area contributed by atoms with Crippen LogP contribution in [-0.2, 0) is 6.54 Å². The van der Waals surface area contributed by atoms with E-state index in [1.54, 1.807) is 0 Å². The quantitative estimate of drug-likeness (QED) is 0.663. The molecule has 0 radical (unpaired) electrons. The number of rotatable bonds is 4. The van der Waals surface area contributed by atoms with Crippen molar-refractivity contribution >= 4 is 0 Å². The van der Waals surface area contributed by atoms with Crippen molar-refractivity contribution < 1.29 is 0 Å². The highest BCUT2D eigenvalue weighted by Crippen LogP contribution is 2.28. The zero-order valence-corrected chi connectivity index (χ0v) is 15.4. The van der Waals surface area contributed by atoms with Crippen molar-refractivity contribution in [3.63, 3.8) is 0 Å². The van der Waals surface area contributed by atoms with Crippen LogP contribution < -0.4 is 0 Å². The van der Waals surface area contributed by atoms with Gasteiger partial charge in [0.2, 0.25) is 0 Å². The molecule has 134 valence electrons. The predicted molar refractivity (Wildman–Crippen MR) is 108 cm³/mol. The monoisotopic (exact) mass is 353 g/mol. The molecule has 0 saturated carbocycles. The average Bonchev–Trinajstić information content (AvgIpc) is 2.75. The van der Waals surface area contributed by atoms with Gasteiger partial charge in [-0.2, -0.15) is 5.26 Å². The van der Waals surface area contributed by atoms with Crippen LogP contribution in [-0.4, -0.2) is 23.0 Å². The van der Waals surface area contributed by atoms with E-state index < -0.39 is 0 Å². The van der Waals surface area contributed by atoms with Crippen LogP contribution in [0.4, 0.5) is 0 Å². The summed E-state index contributed by atoms with van der Waals surface area (Å²) in [5.74, 6) is 0.600. The second-order valence-electron chi connectivity index (χ2n) is 7.21. The van der Waals surface area contributed by atoms with Crippen molar-refractivity contribution in [2.24, 2.45) is 0 Å². The maximum atomic E-state index is 9.31. The molecule has 3 aromatic rings. The maximum Gasteiger partial charge on any atom is 0.0998 e. The second-order valence-corrected chi connectivity index (χ2v) is 7.21. The van der Waals surface area contributed by atoms with Crippen LogP contribution in [0.25, 0.3) is 11.1 Å². The fourth-order valence-corrected chi connectivity index (χ4v) is 3.99. The Morgan fingerprint density at radius 1 is 1.00 bits per heavy atom. The Morgan fingerprint density at radius 3 is 2.56 bits per heavy atom. The van der Waals surface area contributed by atoms with E-state index in [4.69, 9.17) is 0 Å². The van der Waals surface area contributed by atoms with E-state index in [9.17, 15) is 5.26 Å². The van der Waals surface area contributed by atoms with Crippen LogP contribution in [0.5, 0.6) is 0 Å². The van der Waals surface area contributed by atoms with Crippen molar-refractivity contribution in [1.82, 2.24) is 9.88 Å². The molecule has 2 aromatic carbocycles. The van der Waals surface area contributed by atoms with Gasteiger partial charge in [0.05, 0.1) is 11.6 Å². The van der Waals surface area contributed by atoms with Crippen molar-refractivity contribution in [2.75, 3.05) is 13.1 Å². The highest BCUT2D eigenvalue weighted by Gasteiger charge is 2.21. The summed E-state index contributed by atoms with van der Waals surface area (Å²) < 4.78 is 0. The lowest BCUT2D eigenvalue weighted by Crippen LogP contribution is -2.33. The molecule has 1 aromatic heterocycles. The maximum absolute atomic E-state index is 9.31. The minimum Gasteiger partial charge on any atom is -0.298 e. The molecule has 1 aliphatic heterocycles. The SMILES string of the molecule is N#Cc1ccccc1-c1ccc(CN2CCCC(c3ccncc3)C2)cc1. The summed E-state index contributed by atoms with van der Waals surface area (Å²) in [6.07, 6.45) is 6.28. The van der Waals surface area contributed by atoms with Gasteiger partial charge in [0.25, 0.3) is 0 Å². The summed E-state index contributed by atoms with van der Waals surface area (Å²) in [5.41, 5.74) is 5.55. The van der Waals surface area contributed by atoms with Crippen LogP contribution in [0.15, 0.2) is 73.1 Å². The Bertz CT molecular complexity index is 926. The van der Waals surface area contributed by atoms with Gasteiger partial charge in [-0.25, -0.2) is 0 Å². The highest BCUT2D eigenvalue weighted by molar-refractivity contribution is 5.70. The van der Waals surface area contributed by atoms with Gasteiger partial charge in [-0.1, -0.05) is 42.5 Å². The number of benzene rings is 2. The molecular weight excluding hydrogens is 330 g/mol. The molecule has 0 spiro atoms. The number of piperidine rings is 1. The van der Waals surface area contributed by atoms with E-state index in [-0.39, 0.29) is 0 Å². The molecule has 1 atom stereocenters. The van der Waals surface area contributed by atoms with E-state index in [0.29, 0.717) is 5.92 Å². The fourth-order valence-electron chi connectivity index (χ4n) is 3.99. The molecule has 2 heterocycles. The normalized spacial score (nSPS) is 17.4. The Morgan fingerprint density at radius 2 is 1.78 bits per heavy atom. The molecule has 0 N–H and O–H groups in total. The number of aromatic nitrogens is 1. The number of likely N-dealkylation sites (tertiary alicyclic amines) is 1. The van der Waals surface area contributed by atoms with E-state index in [0.717, 1.165) is 36.3 Å². The first kappa shape index (κ1) is 17.5. The van der Waals surface area contributed by atoms with Gasteiger partial charge < -0.3 is 0 Å². The molecule has 4 rings (SSSR count). The van der Waals surface area contributed by atoms with Gasteiger partial charge in [0, 0.05) is 25.5 Å². The lowest BCUT2D eigenvalue weighted by atomic mass is 9.91. The third-order valence-electron chi connectivity index (χ3n) is 5.40. The molecule has 1 saturated heterocycles. The lowest BCUT2D eigenvalue weighted by molar-refractivity contribution is 0.200. The molecule has 0 amide bonds. The van der Waals surface area contributed by atoms with Crippen LogP contribution in [0.1, 0.15) is 35.4 Å². The van der Waals surface area contributed by atoms with E-state index in [1.807, 2.05) is 36.7 Å². The smallest absolute Gasteiger partial charge is 0.0998 e. The fraction of sp³-hybridized carbons (Fsp3) is 0.250. The Hall–Kier alpha value is -2.96. The molecular formula is C24H23N3. The van der Waals surface area contributed by atoms with Crippen LogP contribution in [0, 0.1) is 11.3 Å². The minimum atomic E-state index is 0.600. The predicted octanol–water partition coefficient (Wildman–Crippen LogP) is 5.00. The van der Waals surface area contributed by atoms with Crippen molar-refractivity contribution in [2.45, 2.75) is 25.3 Å². The van der Waals surface area contributed by atoms with Crippen molar-refractivity contribution in [3.8, 4) is 17.2 Å². The average molecular weight is 353 g/mol. The Labute approximate surface area is 160 Å². The largest absolute Gasteiger partial charge is 0.298 e. The summed E-state index contributed by atoms with van der Waals surface area (Å²) in [7, 11) is 0. The lowest BCUT2D eigenvalue weighted by Gasteiger charge is -2.33. The summed E-state index contributed by atoms with van der Waals surface area (Å²) in [6, 6.07) is 23.0. The van der Waals surface area contributed by atoms with Gasteiger partial charge in [-0.05, 0) is 65.8 Å². The molecule has 27 heavy (non-hydrogen) atoms. The summed E-state index contributed by atoms with van der Waals surface area (Å²) >= 11 is 0. The molecule has 1 fully saturated rings. The van der Waals surface area contributed by atoms with E-state index in [2.05, 4.69) is 52.4 Å². The number of pyridine rings is 1. The molecule has 1 unspecified atom stereocenters. The number of hydrogen-bond donors (Lipinski definition) is 0. The highest BCUT2D eigenvalue weighted by atomic mass is 15.1. The Kier molecular flexibility index (Phi) is 5.27. The molecule has 3 heteroatoms. The minimum absolute atomic E-state index is 0.600. The van der Waals surface area contributed by atoms with Gasteiger partial charge in [-0.15, -0.1) is 0 Å². The number of nitrogens with zero attached hydrogens (tertiary/aromatic N) is 3. The number of nitriles is 1. The first-order chi connectivity index (χ1) is 13.3. The number of hydrogen-bond acceptors (Lipinski definition) is 3. The van der Waals surface area contributed by atoms with Gasteiger partial charge in [0.1, 0.15) is 0 Å². The zero-order chi connectivity index (χ0) is 18.5. The van der Waals surface area contributed by atoms with Gasteiger partial charge in [-0.3, -0.25) is 9.88 Å². The third kappa shape index (κ3) is 4.07. The van der Waals surface area contributed by atoms with E-state index in [1.165, 1.54) is 24.0 Å². The topological polar surface area (TPSA) is 39.9 Å². The van der Waals surface area contributed by atoms with Crippen molar-refractivity contribution in [1.29, 1.82) is 5.26 Å². The van der Waals surface area contributed by atoms with Gasteiger partial charge >= 0.3 is 0 Å². The van der Waals surface area contributed by atoms with E-state index >= 15 is 0 Å². The summed E-state index contributed by atoms with van der Waals surface area (Å²) in [6.45, 7) is 3.23. The first-order valence-electron chi connectivity index (χ1n) is 9.54. The van der Waals surface area contributed by atoms with Gasteiger partial charge in [0.15, 0.2) is 0 Å². The zero-order valence-electron chi connectivity index (χ0n) is 15.4. The first-order valence-corrected chi connectivity index (χ1v) is 9.54. The Balaban J connectivity index is 1.45. The van der Waals surface area contributed by atoms with Crippen LogP contribution in [0.3, 0.4) is 0 Å². The summed E-state index contributed by atoms with van der Waals surface area (Å²) in [5, 5.41) is 9.31. The van der Waals surface area contributed by atoms with Crippen LogP contribution >= 0.6 is 0 Å². The van der Waals surface area contributed by atoms with Crippen LogP contribution in [0.2, 0.25) is 0 Å². The standard InChI is InChI=1S/C24H23N3/c25-16-22-4-1-2-6-24(22)21-9-7-19(8-10-21)17-27-15-3-5-23(18-27)20-11-13-26-14-12-20/h1-2,4,6-14,23H,3,5,15,17-18H2. The molecule has 0 bridgehead atoms. The summed E-state index contributed by atoms with van der Waals surface area (Å²) in [4.78, 5) is 6.69. The second kappa shape index (κ2) is 8.16. The molecule has 0 aliphatic carbocycles. The third-order valence-corrected chi connectivity index (χ3v) is 5.40.